The van der Waals surface area contributed by atoms with Gasteiger partial charge in [-0.15, -0.1) is 0 Å². The Morgan fingerprint density at radius 1 is 1.42 bits per heavy atom. The lowest BCUT2D eigenvalue weighted by Gasteiger charge is -2.38. The average Bonchev–Trinajstić information content (AvgIpc) is 2.93. The van der Waals surface area contributed by atoms with Crippen LogP contribution in [0, 0.1) is 17.0 Å². The molecule has 0 aromatic carbocycles. The highest BCUT2D eigenvalue weighted by Gasteiger charge is 2.39. The van der Waals surface area contributed by atoms with E-state index in [1.165, 1.54) is 4.57 Å². The molecule has 1 amide bonds. The van der Waals surface area contributed by atoms with Gasteiger partial charge in [-0.1, -0.05) is 41.2 Å². The average molecular weight is 429 g/mol. The number of piperidine rings is 1. The van der Waals surface area contributed by atoms with Crippen LogP contribution in [-0.2, 0) is 11.3 Å². The number of nitrogens with one attached hydrogen (secondary N) is 1. The predicted molar refractivity (Wildman–Crippen MR) is 97.6 cm³/mol. The molecule has 2 heterocycles. The molecule has 1 aliphatic heterocycles. The molecule has 1 N–H and O–H groups in total. The zero-order valence-electron chi connectivity index (χ0n) is 14.2. The molecule has 1 fully saturated rings. The molecule has 0 bridgehead atoms. The minimum absolute atomic E-state index is 0.0869. The summed E-state index contributed by atoms with van der Waals surface area (Å²) in [6, 6.07) is 0. The summed E-state index contributed by atoms with van der Waals surface area (Å²) in [5.74, 6) is 0.284. The summed E-state index contributed by atoms with van der Waals surface area (Å²) in [6.45, 7) is 3.05. The maximum absolute atomic E-state index is 12.1. The Labute approximate surface area is 165 Å². The van der Waals surface area contributed by atoms with Crippen molar-refractivity contribution >= 4 is 46.7 Å². The van der Waals surface area contributed by atoms with Gasteiger partial charge in [-0.2, -0.15) is 0 Å². The first-order valence-corrected chi connectivity index (χ1v) is 9.24. The molecule has 1 aromatic heterocycles. The molecular formula is C14H20Cl3N5O4. The van der Waals surface area contributed by atoms with Crippen LogP contribution < -0.4 is 5.32 Å². The zero-order chi connectivity index (χ0) is 19.3. The fourth-order valence-electron chi connectivity index (χ4n) is 2.82. The van der Waals surface area contributed by atoms with Gasteiger partial charge >= 0.3 is 11.9 Å². The number of rotatable bonds is 6. The van der Waals surface area contributed by atoms with Crippen molar-refractivity contribution in [2.75, 3.05) is 19.7 Å². The van der Waals surface area contributed by atoms with E-state index in [1.807, 2.05) is 4.90 Å². The number of hydrogen-bond donors (Lipinski definition) is 1. The number of alkyl carbamates (subject to hydrolysis) is 1. The number of ether oxygens (including phenoxy) is 1. The van der Waals surface area contributed by atoms with Crippen molar-refractivity contribution in [2.24, 2.45) is 0 Å². The number of carbonyl (C=O) groups is 1. The quantitative estimate of drug-likeness (QED) is 0.424. The number of halogens is 3. The Balaban J connectivity index is 1.90. The summed E-state index contributed by atoms with van der Waals surface area (Å²) < 4.78 is 4.74. The van der Waals surface area contributed by atoms with Gasteiger partial charge in [-0.3, -0.25) is 4.90 Å². The molecular weight excluding hydrogens is 409 g/mol. The number of hydrogen-bond acceptors (Lipinski definition) is 6. The fourth-order valence-corrected chi connectivity index (χ4v) is 3.40. The molecule has 146 valence electrons. The van der Waals surface area contributed by atoms with Crippen molar-refractivity contribution in [3.63, 3.8) is 0 Å². The van der Waals surface area contributed by atoms with Crippen LogP contribution in [0.5, 0.6) is 0 Å². The standard InChI is InChI=1S/C14H20Cl3N5O4/c1-10-18-9-11(22(24)25)21(10)7-8-26-13(23)19-12(14(15,16)17)20-5-3-2-4-6-20/h9,12H,2-8H2,1H3,(H,19,23)/t12-/m0/s1. The third kappa shape index (κ3) is 5.60. The number of alkyl halides is 3. The minimum Gasteiger partial charge on any atom is -0.445 e. The topological polar surface area (TPSA) is 103 Å². The zero-order valence-corrected chi connectivity index (χ0v) is 16.4. The van der Waals surface area contributed by atoms with Crippen LogP contribution >= 0.6 is 34.8 Å². The third-order valence-corrected chi connectivity index (χ3v) is 4.71. The summed E-state index contributed by atoms with van der Waals surface area (Å²) in [7, 11) is 0. The van der Waals surface area contributed by atoms with Crippen molar-refractivity contribution in [3.05, 3.63) is 22.1 Å². The molecule has 1 aliphatic rings. The molecule has 2 rings (SSSR count). The van der Waals surface area contributed by atoms with Crippen LogP contribution in [-0.4, -0.2) is 55.1 Å². The number of aromatic nitrogens is 2. The molecule has 0 saturated carbocycles. The van der Waals surface area contributed by atoms with E-state index in [0.717, 1.165) is 25.5 Å². The highest BCUT2D eigenvalue weighted by Crippen LogP contribution is 2.33. The summed E-state index contributed by atoms with van der Waals surface area (Å²) in [5, 5.41) is 13.5. The van der Waals surface area contributed by atoms with E-state index in [1.54, 1.807) is 6.92 Å². The van der Waals surface area contributed by atoms with Gasteiger partial charge in [0.2, 0.25) is 3.79 Å². The van der Waals surface area contributed by atoms with Gasteiger partial charge in [0.1, 0.15) is 25.5 Å². The Bertz CT molecular complexity index is 643. The Hall–Kier alpha value is -1.29. The Morgan fingerprint density at radius 3 is 2.65 bits per heavy atom. The largest absolute Gasteiger partial charge is 0.445 e. The van der Waals surface area contributed by atoms with Crippen LogP contribution in [0.15, 0.2) is 6.20 Å². The van der Waals surface area contributed by atoms with E-state index in [4.69, 9.17) is 39.5 Å². The first-order chi connectivity index (χ1) is 12.2. The molecule has 0 unspecified atom stereocenters. The number of aryl methyl sites for hydroxylation is 1. The van der Waals surface area contributed by atoms with E-state index in [2.05, 4.69) is 10.3 Å². The molecule has 1 saturated heterocycles. The van der Waals surface area contributed by atoms with Crippen molar-refractivity contribution < 1.29 is 14.5 Å². The monoisotopic (exact) mass is 427 g/mol. The number of nitro groups is 1. The lowest BCUT2D eigenvalue weighted by molar-refractivity contribution is -0.392. The Morgan fingerprint density at radius 2 is 2.08 bits per heavy atom. The van der Waals surface area contributed by atoms with Gasteiger partial charge in [0, 0.05) is 20.0 Å². The van der Waals surface area contributed by atoms with Gasteiger partial charge in [0.05, 0.1) is 0 Å². The molecule has 0 radical (unpaired) electrons. The first kappa shape index (κ1) is 21.0. The smallest absolute Gasteiger partial charge is 0.408 e. The molecule has 12 heteroatoms. The first-order valence-electron chi connectivity index (χ1n) is 8.10. The summed E-state index contributed by atoms with van der Waals surface area (Å²) >= 11 is 18.0. The van der Waals surface area contributed by atoms with E-state index >= 15 is 0 Å². The fraction of sp³-hybridized carbons (Fsp3) is 0.714. The van der Waals surface area contributed by atoms with E-state index in [0.29, 0.717) is 18.9 Å². The molecule has 0 spiro atoms. The van der Waals surface area contributed by atoms with Gasteiger partial charge < -0.3 is 20.2 Å². The molecule has 1 aromatic rings. The molecule has 9 nitrogen and oxygen atoms in total. The van der Waals surface area contributed by atoms with Crippen molar-refractivity contribution in [1.82, 2.24) is 19.8 Å². The van der Waals surface area contributed by atoms with Crippen molar-refractivity contribution in [2.45, 2.75) is 42.7 Å². The van der Waals surface area contributed by atoms with Crippen molar-refractivity contribution in [3.8, 4) is 0 Å². The van der Waals surface area contributed by atoms with Gasteiger partial charge in [0.25, 0.3) is 0 Å². The second kappa shape index (κ2) is 9.07. The maximum Gasteiger partial charge on any atom is 0.408 e. The summed E-state index contributed by atoms with van der Waals surface area (Å²) in [6.07, 6.45) is 2.59. The van der Waals surface area contributed by atoms with Crippen LogP contribution in [0.2, 0.25) is 0 Å². The van der Waals surface area contributed by atoms with Crippen LogP contribution in [0.3, 0.4) is 0 Å². The van der Waals surface area contributed by atoms with Crippen LogP contribution in [0.25, 0.3) is 0 Å². The third-order valence-electron chi connectivity index (χ3n) is 4.09. The number of imidazole rings is 1. The van der Waals surface area contributed by atoms with E-state index in [9.17, 15) is 14.9 Å². The Kier molecular flexibility index (Phi) is 7.33. The van der Waals surface area contributed by atoms with Crippen LogP contribution in [0.4, 0.5) is 10.6 Å². The van der Waals surface area contributed by atoms with Gasteiger partial charge in [-0.25, -0.2) is 14.3 Å². The minimum atomic E-state index is -1.71. The van der Waals surface area contributed by atoms with Gasteiger partial charge in [0.15, 0.2) is 5.82 Å². The summed E-state index contributed by atoms with van der Waals surface area (Å²) in [5.41, 5.74) is 0. The summed E-state index contributed by atoms with van der Waals surface area (Å²) in [4.78, 5) is 28.2. The predicted octanol–water partition coefficient (Wildman–Crippen LogP) is 3.01. The molecule has 1 atom stereocenters. The SMILES string of the molecule is Cc1ncc([N+](=O)[O-])n1CCOC(=O)N[C@@H](N1CCCCC1)C(Cl)(Cl)Cl. The number of likely N-dealkylation sites (tertiary alicyclic amines) is 1. The molecule has 26 heavy (non-hydrogen) atoms. The second-order valence-corrected chi connectivity index (χ2v) is 8.26. The maximum atomic E-state index is 12.1. The number of amides is 1. The number of nitrogens with zero attached hydrogens (tertiary/aromatic N) is 4. The highest BCUT2D eigenvalue weighted by molar-refractivity contribution is 6.68. The van der Waals surface area contributed by atoms with E-state index in [-0.39, 0.29) is 19.0 Å². The van der Waals surface area contributed by atoms with Gasteiger partial charge in [-0.05, 0) is 17.8 Å². The molecule has 0 aliphatic carbocycles. The van der Waals surface area contributed by atoms with E-state index < -0.39 is 21.0 Å². The highest BCUT2D eigenvalue weighted by atomic mass is 35.6. The van der Waals surface area contributed by atoms with Crippen LogP contribution in [0.1, 0.15) is 25.1 Å². The lowest BCUT2D eigenvalue weighted by Crippen LogP contribution is -2.56. The second-order valence-electron chi connectivity index (χ2n) is 5.89. The van der Waals surface area contributed by atoms with Crippen molar-refractivity contribution in [1.29, 1.82) is 0 Å². The number of carbonyl (C=O) groups excluding carboxylic acids is 1. The lowest BCUT2D eigenvalue weighted by atomic mass is 10.1. The normalized spacial score (nSPS) is 16.9.